The second kappa shape index (κ2) is 6.44. The van der Waals surface area contributed by atoms with Gasteiger partial charge < -0.3 is 4.98 Å². The first-order valence-corrected chi connectivity index (χ1v) is 10.8. The van der Waals surface area contributed by atoms with E-state index >= 15 is 0 Å². The first kappa shape index (κ1) is 15.1. The minimum absolute atomic E-state index is 0.262. The Hall–Kier alpha value is -1.28. The van der Waals surface area contributed by atoms with Crippen molar-refractivity contribution in [3.8, 4) is 0 Å². The summed E-state index contributed by atoms with van der Waals surface area (Å²) in [6.45, 7) is 7.18. The largest absolute Gasteiger partial charge is 0.410 e. The van der Waals surface area contributed by atoms with Crippen LogP contribution in [0.25, 0.3) is 0 Å². The molecule has 0 aromatic heterocycles. The van der Waals surface area contributed by atoms with E-state index in [9.17, 15) is 0 Å². The molecule has 0 bridgehead atoms. The van der Waals surface area contributed by atoms with Gasteiger partial charge in [-0.15, -0.1) is 0 Å². The quantitative estimate of drug-likeness (QED) is 0.497. The number of unbranched alkanes of at least 4 members (excludes halogenated alkanes) is 2. The molecular weight excluding hydrogens is 258 g/mol. The van der Waals surface area contributed by atoms with E-state index in [0.29, 0.717) is 0 Å². The van der Waals surface area contributed by atoms with Crippen LogP contribution in [-0.2, 0) is 0 Å². The summed E-state index contributed by atoms with van der Waals surface area (Å²) < 4.78 is 0. The van der Waals surface area contributed by atoms with Gasteiger partial charge in [-0.25, -0.2) is 0 Å². The van der Waals surface area contributed by atoms with Crippen LogP contribution >= 0.6 is 0 Å². The van der Waals surface area contributed by atoms with Gasteiger partial charge in [0.05, 0.1) is 0 Å². The van der Waals surface area contributed by atoms with Gasteiger partial charge in [-0.1, -0.05) is 81.8 Å². The molecule has 1 N–H and O–H groups in total. The van der Waals surface area contributed by atoms with E-state index in [0.717, 1.165) is 0 Å². The van der Waals surface area contributed by atoms with Crippen molar-refractivity contribution in [2.45, 2.75) is 50.7 Å². The summed E-state index contributed by atoms with van der Waals surface area (Å²) in [6, 6.07) is 10.6. The molecule has 0 saturated heterocycles. The molecule has 0 spiro atoms. The van der Waals surface area contributed by atoms with E-state index in [2.05, 4.69) is 79.6 Å². The first-order chi connectivity index (χ1) is 9.60. The average molecular weight is 286 g/mol. The van der Waals surface area contributed by atoms with Crippen molar-refractivity contribution >= 4 is 13.9 Å². The third-order valence-corrected chi connectivity index (χ3v) is 8.31. The number of benzene rings is 1. The van der Waals surface area contributed by atoms with Crippen molar-refractivity contribution in [3.05, 3.63) is 54.6 Å². The van der Waals surface area contributed by atoms with Crippen LogP contribution in [0.5, 0.6) is 0 Å². The summed E-state index contributed by atoms with van der Waals surface area (Å²) in [5.74, 6) is 0. The molecule has 1 aliphatic carbocycles. The summed E-state index contributed by atoms with van der Waals surface area (Å²) in [6.07, 6.45) is 14.5. The summed E-state index contributed by atoms with van der Waals surface area (Å²) in [7, 11) is -1.63. The number of rotatable bonds is 7. The van der Waals surface area contributed by atoms with E-state index < -0.39 is 8.24 Å². The molecule has 2 heteroatoms. The van der Waals surface area contributed by atoms with Crippen LogP contribution in [0.1, 0.15) is 32.6 Å². The zero-order valence-electron chi connectivity index (χ0n) is 13.0. The lowest BCUT2D eigenvalue weighted by molar-refractivity contribution is 0.613. The fraction of sp³-hybridized carbons (Fsp3) is 0.444. The zero-order chi connectivity index (χ0) is 14.5. The van der Waals surface area contributed by atoms with Crippen molar-refractivity contribution in [2.75, 3.05) is 4.98 Å². The number of para-hydroxylation sites is 1. The Morgan fingerprint density at radius 1 is 1.00 bits per heavy atom. The summed E-state index contributed by atoms with van der Waals surface area (Å²) in [5.41, 5.74) is 1.26. The predicted octanol–water partition coefficient (Wildman–Crippen LogP) is 5.75. The van der Waals surface area contributed by atoms with Gasteiger partial charge in [0, 0.05) is 10.7 Å². The molecule has 2 rings (SSSR count). The number of anilines is 1. The summed E-state index contributed by atoms with van der Waals surface area (Å²) in [5, 5.41) is 0.262. The topological polar surface area (TPSA) is 12.0 Å². The van der Waals surface area contributed by atoms with Crippen LogP contribution in [0.2, 0.25) is 18.1 Å². The second-order valence-electron chi connectivity index (χ2n) is 6.33. The Kier molecular flexibility index (Phi) is 4.87. The van der Waals surface area contributed by atoms with Crippen LogP contribution in [0.3, 0.4) is 0 Å². The molecule has 20 heavy (non-hydrogen) atoms. The highest BCUT2D eigenvalue weighted by Gasteiger charge is 2.44. The van der Waals surface area contributed by atoms with Crippen LogP contribution in [-0.4, -0.2) is 8.24 Å². The van der Waals surface area contributed by atoms with Gasteiger partial charge in [-0.2, -0.15) is 0 Å². The maximum absolute atomic E-state index is 3.86. The maximum atomic E-state index is 3.86. The molecule has 1 aromatic carbocycles. The Bertz CT molecular complexity index is 461. The SMILES string of the molecule is CCCCCC1([Si](C)(C)Nc2ccccc2)C=CC=C1. The average Bonchev–Trinajstić information content (AvgIpc) is 2.90. The van der Waals surface area contributed by atoms with Gasteiger partial charge in [0.2, 0.25) is 0 Å². The lowest BCUT2D eigenvalue weighted by atomic mass is 10.0. The van der Waals surface area contributed by atoms with Crippen LogP contribution in [0.15, 0.2) is 54.6 Å². The van der Waals surface area contributed by atoms with Gasteiger partial charge in [0.1, 0.15) is 0 Å². The molecule has 0 saturated carbocycles. The van der Waals surface area contributed by atoms with Crippen molar-refractivity contribution in [1.29, 1.82) is 0 Å². The Labute approximate surface area is 124 Å². The molecular formula is C18H27NSi. The third-order valence-electron chi connectivity index (χ3n) is 4.49. The highest BCUT2D eigenvalue weighted by molar-refractivity contribution is 6.84. The van der Waals surface area contributed by atoms with Crippen LogP contribution < -0.4 is 4.98 Å². The first-order valence-electron chi connectivity index (χ1n) is 7.80. The lowest BCUT2D eigenvalue weighted by Gasteiger charge is -2.41. The lowest BCUT2D eigenvalue weighted by Crippen LogP contribution is -2.48. The smallest absolute Gasteiger partial charge is 0.161 e. The normalized spacial score (nSPS) is 16.6. The molecule has 0 heterocycles. The van der Waals surface area contributed by atoms with E-state index in [-0.39, 0.29) is 5.04 Å². The van der Waals surface area contributed by atoms with E-state index in [4.69, 9.17) is 0 Å². The number of allylic oxidation sites excluding steroid dienone is 4. The zero-order valence-corrected chi connectivity index (χ0v) is 14.0. The number of hydrogen-bond acceptors (Lipinski definition) is 1. The van der Waals surface area contributed by atoms with Gasteiger partial charge in [0.15, 0.2) is 8.24 Å². The van der Waals surface area contributed by atoms with E-state index in [1.54, 1.807) is 0 Å². The molecule has 108 valence electrons. The van der Waals surface area contributed by atoms with E-state index in [1.165, 1.54) is 31.4 Å². The van der Waals surface area contributed by atoms with E-state index in [1.807, 2.05) is 0 Å². The van der Waals surface area contributed by atoms with Crippen molar-refractivity contribution in [1.82, 2.24) is 0 Å². The van der Waals surface area contributed by atoms with Gasteiger partial charge in [0.25, 0.3) is 0 Å². The Balaban J connectivity index is 2.15. The standard InChI is InChI=1S/C18H27NSi/c1-4-5-9-14-18(15-10-11-16-18)20(2,3)19-17-12-7-6-8-13-17/h6-8,10-13,15-16,19H,4-5,9,14H2,1-3H3. The molecule has 1 aromatic rings. The van der Waals surface area contributed by atoms with Crippen molar-refractivity contribution in [2.24, 2.45) is 0 Å². The number of nitrogens with one attached hydrogen (secondary N) is 1. The highest BCUT2D eigenvalue weighted by Crippen LogP contribution is 2.48. The molecule has 0 amide bonds. The molecule has 1 nitrogen and oxygen atoms in total. The Morgan fingerprint density at radius 2 is 1.65 bits per heavy atom. The summed E-state index contributed by atoms with van der Waals surface area (Å²) in [4.78, 5) is 3.86. The molecule has 1 aliphatic rings. The predicted molar refractivity (Wildman–Crippen MR) is 92.7 cm³/mol. The molecule has 0 fully saturated rings. The Morgan fingerprint density at radius 3 is 2.25 bits per heavy atom. The van der Waals surface area contributed by atoms with Crippen molar-refractivity contribution < 1.29 is 0 Å². The molecule has 0 atom stereocenters. The maximum Gasteiger partial charge on any atom is 0.161 e. The van der Waals surface area contributed by atoms with Crippen molar-refractivity contribution in [3.63, 3.8) is 0 Å². The third kappa shape index (κ3) is 3.24. The van der Waals surface area contributed by atoms with Gasteiger partial charge >= 0.3 is 0 Å². The fourth-order valence-corrected chi connectivity index (χ4v) is 6.02. The fourth-order valence-electron chi connectivity index (χ4n) is 3.07. The van der Waals surface area contributed by atoms with Crippen LogP contribution in [0, 0.1) is 0 Å². The second-order valence-corrected chi connectivity index (χ2v) is 10.8. The molecule has 0 unspecified atom stereocenters. The minimum Gasteiger partial charge on any atom is -0.410 e. The number of hydrogen-bond donors (Lipinski definition) is 1. The monoisotopic (exact) mass is 285 g/mol. The van der Waals surface area contributed by atoms with Gasteiger partial charge in [-0.3, -0.25) is 0 Å². The summed E-state index contributed by atoms with van der Waals surface area (Å²) >= 11 is 0. The van der Waals surface area contributed by atoms with Crippen LogP contribution in [0.4, 0.5) is 5.69 Å². The minimum atomic E-state index is -1.63. The highest BCUT2D eigenvalue weighted by atomic mass is 28.3. The van der Waals surface area contributed by atoms with Gasteiger partial charge in [-0.05, 0) is 18.6 Å². The molecule has 0 radical (unpaired) electrons. The molecule has 0 aliphatic heterocycles.